The number of benzene rings is 2. The van der Waals surface area contributed by atoms with Gasteiger partial charge in [-0.2, -0.15) is 13.2 Å². The van der Waals surface area contributed by atoms with Gasteiger partial charge in [-0.15, -0.1) is 0 Å². The SMILES string of the molecule is O=C(NCc1cccc(C(F)(F)F)c1)c1cnc(NC2CCN(Cc3ccccc3)CC2)s1. The second-order valence-corrected chi connectivity index (χ2v) is 9.12. The number of nitrogens with one attached hydrogen (secondary N) is 2. The molecule has 2 N–H and O–H groups in total. The molecule has 4 rings (SSSR count). The zero-order chi connectivity index (χ0) is 23.3. The van der Waals surface area contributed by atoms with E-state index in [1.165, 1.54) is 29.2 Å². The van der Waals surface area contributed by atoms with Crippen molar-refractivity contribution in [3.63, 3.8) is 0 Å². The smallest absolute Gasteiger partial charge is 0.359 e. The van der Waals surface area contributed by atoms with E-state index in [-0.39, 0.29) is 12.5 Å². The zero-order valence-electron chi connectivity index (χ0n) is 17.9. The Hall–Kier alpha value is -2.91. The van der Waals surface area contributed by atoms with Crippen LogP contribution in [0.1, 0.15) is 39.2 Å². The van der Waals surface area contributed by atoms with E-state index in [0.29, 0.717) is 21.6 Å². The Morgan fingerprint density at radius 3 is 2.52 bits per heavy atom. The average Bonchev–Trinajstić information content (AvgIpc) is 3.28. The summed E-state index contributed by atoms with van der Waals surface area (Å²) in [4.78, 5) is 19.6. The molecule has 174 valence electrons. The van der Waals surface area contributed by atoms with E-state index in [2.05, 4.69) is 44.8 Å². The van der Waals surface area contributed by atoms with E-state index < -0.39 is 11.7 Å². The van der Waals surface area contributed by atoms with Gasteiger partial charge in [-0.05, 0) is 36.1 Å². The Bertz CT molecular complexity index is 1060. The van der Waals surface area contributed by atoms with Crippen molar-refractivity contribution in [2.75, 3.05) is 18.4 Å². The zero-order valence-corrected chi connectivity index (χ0v) is 18.8. The number of carbonyl (C=O) groups excluding carboxylic acids is 1. The highest BCUT2D eigenvalue weighted by atomic mass is 32.1. The van der Waals surface area contributed by atoms with Crippen LogP contribution in [0.25, 0.3) is 0 Å². The van der Waals surface area contributed by atoms with E-state index >= 15 is 0 Å². The largest absolute Gasteiger partial charge is 0.416 e. The highest BCUT2D eigenvalue weighted by Crippen LogP contribution is 2.29. The first kappa shape index (κ1) is 23.3. The van der Waals surface area contributed by atoms with E-state index in [0.717, 1.165) is 44.6 Å². The quantitative estimate of drug-likeness (QED) is 0.496. The van der Waals surface area contributed by atoms with Crippen LogP contribution in [-0.4, -0.2) is 34.9 Å². The standard InChI is InChI=1S/C24H25F3N4OS/c25-24(26,27)19-8-4-7-18(13-19)14-28-22(32)21-15-29-23(33-21)30-20-9-11-31(12-10-20)16-17-5-2-1-3-6-17/h1-8,13,15,20H,9-12,14,16H2,(H,28,32)(H,29,30). The van der Waals surface area contributed by atoms with Gasteiger partial charge in [0.05, 0.1) is 11.8 Å². The van der Waals surface area contributed by atoms with E-state index in [1.54, 1.807) is 6.07 Å². The van der Waals surface area contributed by atoms with Crippen molar-refractivity contribution in [3.05, 3.63) is 82.4 Å². The fourth-order valence-electron chi connectivity index (χ4n) is 3.82. The Kier molecular flexibility index (Phi) is 7.29. The van der Waals surface area contributed by atoms with Crippen LogP contribution in [0.4, 0.5) is 18.3 Å². The van der Waals surface area contributed by atoms with Gasteiger partial charge < -0.3 is 10.6 Å². The molecule has 5 nitrogen and oxygen atoms in total. The molecule has 1 aliphatic rings. The van der Waals surface area contributed by atoms with Gasteiger partial charge in [0, 0.05) is 32.2 Å². The van der Waals surface area contributed by atoms with Gasteiger partial charge in [-0.1, -0.05) is 53.8 Å². The fraction of sp³-hybridized carbons (Fsp3) is 0.333. The molecule has 2 aromatic carbocycles. The number of rotatable bonds is 7. The monoisotopic (exact) mass is 474 g/mol. The predicted octanol–water partition coefficient (Wildman–Crippen LogP) is 5.17. The molecule has 0 radical (unpaired) electrons. The summed E-state index contributed by atoms with van der Waals surface area (Å²) >= 11 is 1.25. The number of thiazole rings is 1. The average molecular weight is 475 g/mol. The molecule has 1 aromatic heterocycles. The Labute approximate surface area is 194 Å². The van der Waals surface area contributed by atoms with Crippen LogP contribution in [-0.2, 0) is 19.3 Å². The molecule has 0 saturated carbocycles. The van der Waals surface area contributed by atoms with Gasteiger partial charge in [-0.3, -0.25) is 9.69 Å². The highest BCUT2D eigenvalue weighted by molar-refractivity contribution is 7.17. The maximum atomic E-state index is 12.8. The maximum absolute atomic E-state index is 12.8. The summed E-state index contributed by atoms with van der Waals surface area (Å²) in [7, 11) is 0. The molecule has 0 atom stereocenters. The summed E-state index contributed by atoms with van der Waals surface area (Å²) in [5.74, 6) is -0.351. The minimum Gasteiger partial charge on any atom is -0.359 e. The number of anilines is 1. The molecule has 0 spiro atoms. The molecule has 3 aromatic rings. The third kappa shape index (κ3) is 6.55. The molecule has 1 fully saturated rings. The predicted molar refractivity (Wildman–Crippen MR) is 123 cm³/mol. The summed E-state index contributed by atoms with van der Waals surface area (Å²) < 4.78 is 38.5. The lowest BCUT2D eigenvalue weighted by Crippen LogP contribution is -2.38. The Balaban J connectivity index is 1.24. The van der Waals surface area contributed by atoms with Crippen LogP contribution >= 0.6 is 11.3 Å². The molecule has 1 saturated heterocycles. The minimum atomic E-state index is -4.41. The molecular weight excluding hydrogens is 449 g/mol. The summed E-state index contributed by atoms with van der Waals surface area (Å²) in [6, 6.07) is 15.7. The lowest BCUT2D eigenvalue weighted by atomic mass is 10.0. The molecule has 0 bridgehead atoms. The minimum absolute atomic E-state index is 0.0172. The number of alkyl halides is 3. The van der Waals surface area contributed by atoms with Crippen LogP contribution in [0.3, 0.4) is 0 Å². The first-order valence-corrected chi connectivity index (χ1v) is 11.6. The summed E-state index contributed by atoms with van der Waals surface area (Å²) in [5.41, 5.74) is 0.973. The molecule has 33 heavy (non-hydrogen) atoms. The van der Waals surface area contributed by atoms with Crippen LogP contribution in [0.15, 0.2) is 60.8 Å². The van der Waals surface area contributed by atoms with E-state index in [9.17, 15) is 18.0 Å². The van der Waals surface area contributed by atoms with Gasteiger partial charge in [-0.25, -0.2) is 4.98 Å². The second kappa shape index (κ2) is 10.4. The van der Waals surface area contributed by atoms with E-state index in [1.807, 2.05) is 6.07 Å². The molecule has 9 heteroatoms. The number of nitrogens with zero attached hydrogens (tertiary/aromatic N) is 2. The van der Waals surface area contributed by atoms with E-state index in [4.69, 9.17) is 0 Å². The number of halogens is 3. The van der Waals surface area contributed by atoms with Crippen molar-refractivity contribution in [3.8, 4) is 0 Å². The maximum Gasteiger partial charge on any atom is 0.416 e. The normalized spacial score (nSPS) is 15.4. The van der Waals surface area contributed by atoms with Gasteiger partial charge in [0.15, 0.2) is 5.13 Å². The summed E-state index contributed by atoms with van der Waals surface area (Å²) in [6.07, 6.45) is -0.929. The fourth-order valence-corrected chi connectivity index (χ4v) is 4.63. The first-order valence-electron chi connectivity index (χ1n) is 10.8. The van der Waals surface area contributed by atoms with Gasteiger partial charge in [0.1, 0.15) is 4.88 Å². The Morgan fingerprint density at radius 2 is 1.79 bits per heavy atom. The van der Waals surface area contributed by atoms with Crippen LogP contribution in [0.5, 0.6) is 0 Å². The third-order valence-electron chi connectivity index (χ3n) is 5.60. The molecule has 1 aliphatic heterocycles. The topological polar surface area (TPSA) is 57.3 Å². The first-order chi connectivity index (χ1) is 15.9. The number of likely N-dealkylation sites (tertiary alicyclic amines) is 1. The van der Waals surface area contributed by atoms with Crippen molar-refractivity contribution in [2.45, 2.75) is 38.1 Å². The Morgan fingerprint density at radius 1 is 1.06 bits per heavy atom. The lowest BCUT2D eigenvalue weighted by molar-refractivity contribution is -0.137. The van der Waals surface area contributed by atoms with Gasteiger partial charge >= 0.3 is 6.18 Å². The van der Waals surface area contributed by atoms with Crippen LogP contribution < -0.4 is 10.6 Å². The second-order valence-electron chi connectivity index (χ2n) is 8.09. The number of hydrogen-bond acceptors (Lipinski definition) is 5. The number of carbonyl (C=O) groups is 1. The molecular formula is C24H25F3N4OS. The van der Waals surface area contributed by atoms with Gasteiger partial charge in [0.2, 0.25) is 0 Å². The van der Waals surface area contributed by atoms with Crippen LogP contribution in [0.2, 0.25) is 0 Å². The van der Waals surface area contributed by atoms with Crippen molar-refractivity contribution >= 4 is 22.4 Å². The third-order valence-corrected chi connectivity index (χ3v) is 6.53. The lowest BCUT2D eigenvalue weighted by Gasteiger charge is -2.32. The number of hydrogen-bond donors (Lipinski definition) is 2. The molecule has 0 aliphatic carbocycles. The van der Waals surface area contributed by atoms with Crippen molar-refractivity contribution < 1.29 is 18.0 Å². The molecule has 0 unspecified atom stereocenters. The highest BCUT2D eigenvalue weighted by Gasteiger charge is 2.30. The van der Waals surface area contributed by atoms with Crippen molar-refractivity contribution in [1.29, 1.82) is 0 Å². The summed E-state index contributed by atoms with van der Waals surface area (Å²) in [5, 5.41) is 6.76. The van der Waals surface area contributed by atoms with Crippen LogP contribution in [0, 0.1) is 0 Å². The number of piperidine rings is 1. The summed E-state index contributed by atoms with van der Waals surface area (Å²) in [6.45, 7) is 2.94. The van der Waals surface area contributed by atoms with Crippen molar-refractivity contribution in [2.24, 2.45) is 0 Å². The molecule has 1 amide bonds. The molecule has 2 heterocycles. The number of amides is 1. The number of aromatic nitrogens is 1. The van der Waals surface area contributed by atoms with Crippen molar-refractivity contribution in [1.82, 2.24) is 15.2 Å². The van der Waals surface area contributed by atoms with Gasteiger partial charge in [0.25, 0.3) is 5.91 Å².